The van der Waals surface area contributed by atoms with Crippen molar-refractivity contribution >= 4 is 5.91 Å². The Labute approximate surface area is 149 Å². The van der Waals surface area contributed by atoms with Crippen molar-refractivity contribution in [3.8, 4) is 0 Å². The number of nitrogens with zero attached hydrogens (tertiary/aromatic N) is 2. The Morgan fingerprint density at radius 1 is 1.40 bits per heavy atom. The molecule has 25 heavy (non-hydrogen) atoms. The molecule has 2 unspecified atom stereocenters. The molecule has 1 N–H and O–H groups in total. The number of amides is 1. The minimum Gasteiger partial charge on any atom is -0.466 e. The molecule has 3 rings (SSSR count). The molecule has 2 aromatic heterocycles. The van der Waals surface area contributed by atoms with Gasteiger partial charge in [-0.25, -0.2) is 0 Å². The summed E-state index contributed by atoms with van der Waals surface area (Å²) < 4.78 is 7.72. The summed E-state index contributed by atoms with van der Waals surface area (Å²) in [7, 11) is 1.92. The van der Waals surface area contributed by atoms with Gasteiger partial charge in [0.25, 0.3) is 0 Å². The second-order valence-corrected chi connectivity index (χ2v) is 8.27. The third-order valence-electron chi connectivity index (χ3n) is 5.44. The zero-order chi connectivity index (χ0) is 18.5. The number of rotatable bonds is 3. The fourth-order valence-corrected chi connectivity index (χ4v) is 4.16. The smallest absolute Gasteiger partial charge is 0.227 e. The lowest BCUT2D eigenvalue weighted by atomic mass is 9.74. The summed E-state index contributed by atoms with van der Waals surface area (Å²) in [6.07, 6.45) is 1.83. The molecule has 1 aliphatic rings. The predicted molar refractivity (Wildman–Crippen MR) is 97.5 cm³/mol. The van der Waals surface area contributed by atoms with Gasteiger partial charge in [-0.2, -0.15) is 5.10 Å². The molecule has 0 saturated heterocycles. The molecule has 136 valence electrons. The number of carbonyl (C=O) groups is 1. The van der Waals surface area contributed by atoms with Gasteiger partial charge in [0.2, 0.25) is 5.91 Å². The summed E-state index contributed by atoms with van der Waals surface area (Å²) in [6, 6.07) is 2.07. The molecule has 5 nitrogen and oxygen atoms in total. The van der Waals surface area contributed by atoms with Crippen molar-refractivity contribution in [2.75, 3.05) is 0 Å². The highest BCUT2D eigenvalue weighted by Crippen LogP contribution is 2.42. The molecule has 2 atom stereocenters. The highest BCUT2D eigenvalue weighted by Gasteiger charge is 2.36. The maximum atomic E-state index is 13.0. The van der Waals surface area contributed by atoms with Crippen molar-refractivity contribution in [3.63, 3.8) is 0 Å². The molecule has 0 aromatic carbocycles. The molecule has 0 aliphatic heterocycles. The van der Waals surface area contributed by atoms with Gasteiger partial charge in [-0.3, -0.25) is 9.48 Å². The van der Waals surface area contributed by atoms with Gasteiger partial charge in [0.05, 0.1) is 17.7 Å². The third-order valence-corrected chi connectivity index (χ3v) is 5.44. The highest BCUT2D eigenvalue weighted by molar-refractivity contribution is 5.84. The molecule has 2 aromatic rings. The van der Waals surface area contributed by atoms with Gasteiger partial charge < -0.3 is 9.73 Å². The van der Waals surface area contributed by atoms with E-state index < -0.39 is 0 Å². The van der Waals surface area contributed by atoms with Crippen molar-refractivity contribution in [1.82, 2.24) is 15.1 Å². The van der Waals surface area contributed by atoms with E-state index in [1.807, 2.05) is 39.4 Å². The summed E-state index contributed by atoms with van der Waals surface area (Å²) in [5.74, 6) is 1.75. The predicted octanol–water partition coefficient (Wildman–Crippen LogP) is 3.87. The molecule has 0 spiro atoms. The van der Waals surface area contributed by atoms with Gasteiger partial charge in [0.1, 0.15) is 11.5 Å². The van der Waals surface area contributed by atoms with Crippen LogP contribution in [0.25, 0.3) is 0 Å². The van der Waals surface area contributed by atoms with E-state index in [0.717, 1.165) is 46.9 Å². The van der Waals surface area contributed by atoms with Crippen LogP contribution in [0.15, 0.2) is 10.5 Å². The van der Waals surface area contributed by atoms with Crippen LogP contribution in [0.3, 0.4) is 0 Å². The first-order valence-electron chi connectivity index (χ1n) is 8.99. The van der Waals surface area contributed by atoms with Crippen molar-refractivity contribution in [1.29, 1.82) is 0 Å². The quantitative estimate of drug-likeness (QED) is 0.920. The molecule has 0 bridgehead atoms. The first-order valence-corrected chi connectivity index (χ1v) is 8.99. The zero-order valence-corrected chi connectivity index (χ0v) is 16.4. The van der Waals surface area contributed by atoms with Crippen LogP contribution in [-0.2, 0) is 18.3 Å². The van der Waals surface area contributed by atoms with Gasteiger partial charge >= 0.3 is 0 Å². The average molecular weight is 343 g/mol. The summed E-state index contributed by atoms with van der Waals surface area (Å²) in [4.78, 5) is 13.0. The Bertz CT molecular complexity index is 813. The monoisotopic (exact) mass is 343 g/mol. The number of hydrogen-bond donors (Lipinski definition) is 1. The molecule has 2 heterocycles. The van der Waals surface area contributed by atoms with E-state index in [9.17, 15) is 4.79 Å². The average Bonchev–Trinajstić information content (AvgIpc) is 2.96. The largest absolute Gasteiger partial charge is 0.466 e. The van der Waals surface area contributed by atoms with Crippen LogP contribution in [0.5, 0.6) is 0 Å². The number of fused-ring (bicyclic) bond motifs is 1. The van der Waals surface area contributed by atoms with Crippen LogP contribution in [0, 0.1) is 26.2 Å². The van der Waals surface area contributed by atoms with Gasteiger partial charge in [-0.1, -0.05) is 13.8 Å². The number of hydrogen-bond acceptors (Lipinski definition) is 3. The van der Waals surface area contributed by atoms with E-state index in [-0.39, 0.29) is 23.3 Å². The van der Waals surface area contributed by atoms with Crippen LogP contribution >= 0.6 is 0 Å². The van der Waals surface area contributed by atoms with Gasteiger partial charge in [0, 0.05) is 30.3 Å². The first-order chi connectivity index (χ1) is 11.6. The SMILES string of the molecule is Cc1cc2c(o1)CC(C)(C)CC2NC(=O)C(C)c1c(C)nn(C)c1C. The molecule has 5 heteroatoms. The number of nitrogens with one attached hydrogen (secondary N) is 1. The maximum absolute atomic E-state index is 13.0. The number of furan rings is 1. The molecule has 0 fully saturated rings. The van der Waals surface area contributed by atoms with E-state index in [1.165, 1.54) is 0 Å². The van der Waals surface area contributed by atoms with Crippen LogP contribution in [0.4, 0.5) is 0 Å². The van der Waals surface area contributed by atoms with E-state index in [0.29, 0.717) is 0 Å². The lowest BCUT2D eigenvalue weighted by Crippen LogP contribution is -2.38. The summed E-state index contributed by atoms with van der Waals surface area (Å²) >= 11 is 0. The fraction of sp³-hybridized carbons (Fsp3) is 0.600. The second kappa shape index (κ2) is 6.04. The minimum absolute atomic E-state index is 0.00318. The Hall–Kier alpha value is -2.04. The van der Waals surface area contributed by atoms with E-state index in [4.69, 9.17) is 4.42 Å². The second-order valence-electron chi connectivity index (χ2n) is 8.27. The fourth-order valence-electron chi connectivity index (χ4n) is 4.16. The first kappa shape index (κ1) is 17.8. The van der Waals surface area contributed by atoms with Crippen molar-refractivity contribution in [3.05, 3.63) is 40.1 Å². The molecular weight excluding hydrogens is 314 g/mol. The molecule has 1 aliphatic carbocycles. The van der Waals surface area contributed by atoms with E-state index in [2.05, 4.69) is 30.3 Å². The number of aromatic nitrogens is 2. The van der Waals surface area contributed by atoms with Crippen molar-refractivity contribution < 1.29 is 9.21 Å². The third kappa shape index (κ3) is 3.24. The van der Waals surface area contributed by atoms with Gasteiger partial charge in [0.15, 0.2) is 0 Å². The van der Waals surface area contributed by atoms with Crippen LogP contribution in [0.2, 0.25) is 0 Å². The molecule has 1 amide bonds. The van der Waals surface area contributed by atoms with Crippen LogP contribution in [-0.4, -0.2) is 15.7 Å². The van der Waals surface area contributed by atoms with Gasteiger partial charge in [-0.15, -0.1) is 0 Å². The lowest BCUT2D eigenvalue weighted by Gasteiger charge is -2.35. The van der Waals surface area contributed by atoms with Crippen LogP contribution < -0.4 is 5.32 Å². The van der Waals surface area contributed by atoms with E-state index >= 15 is 0 Å². The molecule has 0 radical (unpaired) electrons. The van der Waals surface area contributed by atoms with E-state index in [1.54, 1.807) is 0 Å². The number of aryl methyl sites for hydroxylation is 3. The summed E-state index contributed by atoms with van der Waals surface area (Å²) in [5, 5.41) is 7.71. The Morgan fingerprint density at radius 3 is 2.68 bits per heavy atom. The maximum Gasteiger partial charge on any atom is 0.227 e. The Balaban J connectivity index is 1.85. The Kier molecular flexibility index (Phi) is 4.30. The van der Waals surface area contributed by atoms with Crippen molar-refractivity contribution in [2.45, 2.75) is 66.3 Å². The number of carbonyl (C=O) groups excluding carboxylic acids is 1. The minimum atomic E-state index is -0.227. The van der Waals surface area contributed by atoms with Crippen molar-refractivity contribution in [2.24, 2.45) is 12.5 Å². The normalized spacial score (nSPS) is 20.2. The Morgan fingerprint density at radius 2 is 2.08 bits per heavy atom. The topological polar surface area (TPSA) is 60.1 Å². The standard InChI is InChI=1S/C20H29N3O2/c1-11-8-15-16(9-20(5,6)10-17(15)25-11)21-19(24)12(2)18-13(3)22-23(7)14(18)4/h8,12,16H,9-10H2,1-7H3,(H,21,24). The van der Waals surface area contributed by atoms with Gasteiger partial charge in [-0.05, 0) is 45.6 Å². The summed E-state index contributed by atoms with van der Waals surface area (Å²) in [5.41, 5.74) is 4.24. The highest BCUT2D eigenvalue weighted by atomic mass is 16.3. The zero-order valence-electron chi connectivity index (χ0n) is 16.4. The lowest BCUT2D eigenvalue weighted by molar-refractivity contribution is -0.123. The van der Waals surface area contributed by atoms with Crippen LogP contribution in [0.1, 0.15) is 73.2 Å². The molecule has 0 saturated carbocycles. The summed E-state index contributed by atoms with van der Waals surface area (Å²) in [6.45, 7) is 12.4. The molecular formula is C20H29N3O2.